The Kier molecular flexibility index (Phi) is 5.89. The minimum absolute atomic E-state index is 0.0233. The van der Waals surface area contributed by atoms with Crippen molar-refractivity contribution < 1.29 is 18.5 Å². The van der Waals surface area contributed by atoms with Gasteiger partial charge in [0, 0.05) is 17.9 Å². The number of nitro groups is 1. The Morgan fingerprint density at radius 3 is 2.47 bits per heavy atom. The molecule has 0 bridgehead atoms. The summed E-state index contributed by atoms with van der Waals surface area (Å²) in [5.74, 6) is 1.32. The summed E-state index contributed by atoms with van der Waals surface area (Å²) in [6.45, 7) is 3.95. The minimum Gasteiger partial charge on any atom is -0.306 e. The van der Waals surface area contributed by atoms with Crippen molar-refractivity contribution in [2.24, 2.45) is 0 Å². The van der Waals surface area contributed by atoms with Gasteiger partial charge in [0.25, 0.3) is 5.69 Å². The Morgan fingerprint density at radius 1 is 1.32 bits per heavy atom. The van der Waals surface area contributed by atoms with Gasteiger partial charge in [0.15, 0.2) is 0 Å². The fraction of sp³-hybridized carbons (Fsp3) is 0.333. The van der Waals surface area contributed by atoms with Crippen LogP contribution in [0.2, 0.25) is 0 Å². The normalized spacial score (nSPS) is 11.9. The molecule has 0 unspecified atom stereocenters. The van der Waals surface area contributed by atoms with Gasteiger partial charge in [-0.15, -0.1) is 0 Å². The maximum absolute atomic E-state index is 12.1. The minimum atomic E-state index is -3.27. The molecule has 0 radical (unpaired) electrons. The van der Waals surface area contributed by atoms with E-state index in [2.05, 4.69) is 0 Å². The van der Waals surface area contributed by atoms with Crippen LogP contribution in [-0.4, -0.2) is 18.1 Å². The molecule has 0 heterocycles. The Morgan fingerprint density at radius 2 is 1.95 bits per heavy atom. The zero-order valence-electron chi connectivity index (χ0n) is 10.8. The predicted molar refractivity (Wildman–Crippen MR) is 73.0 cm³/mol. The van der Waals surface area contributed by atoms with Gasteiger partial charge in [0.2, 0.25) is 0 Å². The number of rotatable bonds is 7. The summed E-state index contributed by atoms with van der Waals surface area (Å²) >= 11 is 0. The lowest BCUT2D eigenvalue weighted by atomic mass is 10.2. The van der Waals surface area contributed by atoms with Crippen LogP contribution in [0, 0.1) is 10.1 Å². The first kappa shape index (κ1) is 15.6. The second-order valence-electron chi connectivity index (χ2n) is 3.54. The van der Waals surface area contributed by atoms with Crippen molar-refractivity contribution in [1.29, 1.82) is 0 Å². The van der Waals surface area contributed by atoms with E-state index in [-0.39, 0.29) is 18.9 Å². The van der Waals surface area contributed by atoms with Crippen LogP contribution in [-0.2, 0) is 13.6 Å². The highest BCUT2D eigenvalue weighted by Crippen LogP contribution is 2.50. The van der Waals surface area contributed by atoms with Gasteiger partial charge in [-0.05, 0) is 25.5 Å². The first-order valence-electron chi connectivity index (χ1n) is 5.83. The van der Waals surface area contributed by atoms with Gasteiger partial charge in [-0.2, -0.15) is 0 Å². The molecular formula is C12H16NO5P. The van der Waals surface area contributed by atoms with Crippen molar-refractivity contribution in [3.05, 3.63) is 45.8 Å². The first-order valence-corrected chi connectivity index (χ1v) is 7.44. The molecule has 0 aliphatic heterocycles. The monoisotopic (exact) mass is 285 g/mol. The number of nitro benzene ring substituents is 1. The van der Waals surface area contributed by atoms with Crippen LogP contribution < -0.4 is 0 Å². The highest BCUT2D eigenvalue weighted by Gasteiger charge is 2.18. The fourth-order valence-corrected chi connectivity index (χ4v) is 2.72. The van der Waals surface area contributed by atoms with E-state index in [0.29, 0.717) is 5.56 Å². The van der Waals surface area contributed by atoms with Crippen LogP contribution in [0.4, 0.5) is 5.69 Å². The van der Waals surface area contributed by atoms with Gasteiger partial charge < -0.3 is 9.05 Å². The van der Waals surface area contributed by atoms with E-state index < -0.39 is 12.5 Å². The zero-order chi connectivity index (χ0) is 14.3. The molecule has 0 spiro atoms. The van der Waals surface area contributed by atoms with E-state index >= 15 is 0 Å². The zero-order valence-corrected chi connectivity index (χ0v) is 11.7. The Labute approximate surface area is 111 Å². The van der Waals surface area contributed by atoms with E-state index in [0.717, 1.165) is 0 Å². The van der Waals surface area contributed by atoms with Gasteiger partial charge >= 0.3 is 7.60 Å². The van der Waals surface area contributed by atoms with Crippen LogP contribution >= 0.6 is 7.60 Å². The summed E-state index contributed by atoms with van der Waals surface area (Å²) in [4.78, 5) is 10.2. The topological polar surface area (TPSA) is 78.7 Å². The molecule has 0 saturated heterocycles. The van der Waals surface area contributed by atoms with Gasteiger partial charge in [0.05, 0.1) is 18.1 Å². The Balaban J connectivity index is 2.92. The molecule has 0 saturated carbocycles. The molecule has 0 aliphatic carbocycles. The fourth-order valence-electron chi connectivity index (χ4n) is 1.40. The molecule has 1 aromatic rings. The molecule has 6 nitrogen and oxygen atoms in total. The van der Waals surface area contributed by atoms with Gasteiger partial charge in [0.1, 0.15) is 0 Å². The Hall–Kier alpha value is -1.49. The van der Waals surface area contributed by atoms with Crippen LogP contribution in [0.15, 0.2) is 30.1 Å². The van der Waals surface area contributed by atoms with E-state index in [4.69, 9.17) is 9.05 Å². The molecule has 0 aliphatic rings. The van der Waals surface area contributed by atoms with Crippen molar-refractivity contribution in [2.45, 2.75) is 13.8 Å². The van der Waals surface area contributed by atoms with E-state index in [1.807, 2.05) is 0 Å². The number of benzene rings is 1. The van der Waals surface area contributed by atoms with Crippen LogP contribution in [0.1, 0.15) is 19.4 Å². The molecule has 1 rings (SSSR count). The smallest absolute Gasteiger partial charge is 0.306 e. The van der Waals surface area contributed by atoms with Crippen molar-refractivity contribution >= 4 is 19.4 Å². The average Bonchev–Trinajstić information content (AvgIpc) is 2.37. The van der Waals surface area contributed by atoms with Gasteiger partial charge in [-0.3, -0.25) is 14.7 Å². The highest BCUT2D eigenvalue weighted by atomic mass is 31.2. The average molecular weight is 285 g/mol. The lowest BCUT2D eigenvalue weighted by Crippen LogP contribution is -1.92. The summed E-state index contributed by atoms with van der Waals surface area (Å²) < 4.78 is 22.3. The molecule has 7 heteroatoms. The second-order valence-corrected chi connectivity index (χ2v) is 5.44. The van der Waals surface area contributed by atoms with E-state index in [1.165, 1.54) is 24.0 Å². The molecule has 0 fully saturated rings. The van der Waals surface area contributed by atoms with Crippen molar-refractivity contribution in [1.82, 2.24) is 0 Å². The summed E-state index contributed by atoms with van der Waals surface area (Å²) in [7, 11) is -3.27. The summed E-state index contributed by atoms with van der Waals surface area (Å²) in [5.41, 5.74) is 0.540. The molecule has 0 aromatic heterocycles. The Bertz CT molecular complexity index is 505. The van der Waals surface area contributed by atoms with Crippen molar-refractivity contribution in [3.63, 3.8) is 0 Å². The van der Waals surface area contributed by atoms with E-state index in [9.17, 15) is 14.7 Å². The number of hydrogen-bond acceptors (Lipinski definition) is 5. The van der Waals surface area contributed by atoms with Crippen LogP contribution in [0.3, 0.4) is 0 Å². The lowest BCUT2D eigenvalue weighted by Gasteiger charge is -2.12. The van der Waals surface area contributed by atoms with Crippen molar-refractivity contribution in [3.8, 4) is 0 Å². The number of hydrogen-bond donors (Lipinski definition) is 0. The third-order valence-electron chi connectivity index (χ3n) is 2.15. The quantitative estimate of drug-likeness (QED) is 0.432. The third-order valence-corrected chi connectivity index (χ3v) is 3.90. The third kappa shape index (κ3) is 4.95. The largest absolute Gasteiger partial charge is 0.354 e. The first-order chi connectivity index (χ1) is 9.00. The van der Waals surface area contributed by atoms with Crippen LogP contribution in [0.5, 0.6) is 0 Å². The molecular weight excluding hydrogens is 269 g/mol. The van der Waals surface area contributed by atoms with Crippen molar-refractivity contribution in [2.75, 3.05) is 13.2 Å². The maximum atomic E-state index is 12.1. The van der Waals surface area contributed by atoms with Gasteiger partial charge in [-0.25, -0.2) is 0 Å². The second kappa shape index (κ2) is 7.19. The van der Waals surface area contributed by atoms with Crippen LogP contribution in [0.25, 0.3) is 6.08 Å². The summed E-state index contributed by atoms with van der Waals surface area (Å²) in [6, 6.07) is 6.01. The number of nitrogens with zero attached hydrogens (tertiary/aromatic N) is 1. The summed E-state index contributed by atoms with van der Waals surface area (Å²) in [5, 5.41) is 10.6. The van der Waals surface area contributed by atoms with Gasteiger partial charge in [-0.1, -0.05) is 12.1 Å². The molecule has 0 atom stereocenters. The number of non-ortho nitro benzene ring substituents is 1. The molecule has 1 aromatic carbocycles. The molecule has 19 heavy (non-hydrogen) atoms. The van der Waals surface area contributed by atoms with E-state index in [1.54, 1.807) is 26.0 Å². The maximum Gasteiger partial charge on any atom is 0.354 e. The standard InChI is InChI=1S/C12H16NO5P/c1-3-17-19(16,18-4-2)9-8-11-6-5-7-12(10-11)13(14)15/h5-10H,3-4H2,1-2H3/b9-8+. The molecule has 0 N–H and O–H groups in total. The summed E-state index contributed by atoms with van der Waals surface area (Å²) in [6.07, 6.45) is 1.50. The SMILES string of the molecule is CCOP(=O)(/C=C/c1cccc([N+](=O)[O-])c1)OCC. The molecule has 0 amide bonds. The molecule has 104 valence electrons. The highest BCUT2D eigenvalue weighted by molar-refractivity contribution is 7.57. The predicted octanol–water partition coefficient (Wildman–Crippen LogP) is 3.83. The lowest BCUT2D eigenvalue weighted by molar-refractivity contribution is -0.384.